The van der Waals surface area contributed by atoms with Crippen LogP contribution in [-0.4, -0.2) is 45.0 Å². The van der Waals surface area contributed by atoms with E-state index in [1.807, 2.05) is 0 Å². The van der Waals surface area contributed by atoms with Gasteiger partial charge in [-0.1, -0.05) is 19.8 Å². The third kappa shape index (κ3) is 2.79. The quantitative estimate of drug-likeness (QED) is 0.696. The molecule has 1 rings (SSSR count). The van der Waals surface area contributed by atoms with Crippen molar-refractivity contribution >= 4 is 5.91 Å². The lowest BCUT2D eigenvalue weighted by Gasteiger charge is -2.14. The van der Waals surface area contributed by atoms with Crippen LogP contribution >= 0.6 is 0 Å². The molecule has 0 radical (unpaired) electrons. The van der Waals surface area contributed by atoms with Crippen molar-refractivity contribution in [2.75, 3.05) is 13.6 Å². The van der Waals surface area contributed by atoms with Crippen LogP contribution in [0.1, 0.15) is 36.8 Å². The molecule has 1 aromatic heterocycles. The van der Waals surface area contributed by atoms with Gasteiger partial charge in [-0.3, -0.25) is 4.79 Å². The van der Waals surface area contributed by atoms with E-state index in [2.05, 4.69) is 27.5 Å². The fourth-order valence-corrected chi connectivity index (χ4v) is 1.12. The summed E-state index contributed by atoms with van der Waals surface area (Å²) in [6, 6.07) is 0. The number of carbonyl (C=O) groups excluding carboxylic acids is 1. The molecule has 1 amide bonds. The summed E-state index contributed by atoms with van der Waals surface area (Å²) in [5, 5.41) is 12.8. The predicted octanol–water partition coefficient (Wildman–Crippen LogP) is 0.462. The van der Waals surface area contributed by atoms with Crippen LogP contribution < -0.4 is 0 Å². The Bertz CT molecular complexity index is 271. The first-order valence-corrected chi connectivity index (χ1v) is 4.74. The third-order valence-electron chi connectivity index (χ3n) is 1.98. The average Bonchev–Trinajstić information content (AvgIpc) is 2.69. The van der Waals surface area contributed by atoms with Crippen LogP contribution in [0.25, 0.3) is 0 Å². The monoisotopic (exact) mass is 197 g/mol. The van der Waals surface area contributed by atoms with E-state index in [4.69, 9.17) is 0 Å². The highest BCUT2D eigenvalue weighted by molar-refractivity contribution is 5.89. The highest BCUT2D eigenvalue weighted by atomic mass is 16.2. The molecule has 1 heterocycles. The number of carbonyl (C=O) groups is 1. The van der Waals surface area contributed by atoms with Crippen LogP contribution in [0.15, 0.2) is 0 Å². The number of nitrogens with one attached hydrogen (secondary N) is 1. The highest BCUT2D eigenvalue weighted by Crippen LogP contribution is 1.99. The van der Waals surface area contributed by atoms with Gasteiger partial charge in [-0.15, -0.1) is 10.2 Å². The summed E-state index contributed by atoms with van der Waals surface area (Å²) in [5.74, 6) is -0.0566. The summed E-state index contributed by atoms with van der Waals surface area (Å²) in [6.07, 6.45) is 3.28. The Balaban J connectivity index is 2.37. The van der Waals surface area contributed by atoms with Crippen LogP contribution in [0.4, 0.5) is 0 Å². The number of rotatable bonds is 5. The Hall–Kier alpha value is -1.46. The zero-order valence-corrected chi connectivity index (χ0v) is 8.53. The van der Waals surface area contributed by atoms with Crippen molar-refractivity contribution in [2.45, 2.75) is 26.2 Å². The standard InChI is InChI=1S/C8H15N5O/c1-3-4-5-6-13(2)8(14)7-9-11-12-10-7/h3-6H2,1-2H3,(H,9,10,11,12). The Morgan fingerprint density at radius 3 is 2.86 bits per heavy atom. The molecular weight excluding hydrogens is 182 g/mol. The number of hydrogen-bond acceptors (Lipinski definition) is 4. The van der Waals surface area contributed by atoms with Crippen molar-refractivity contribution in [1.82, 2.24) is 25.5 Å². The second kappa shape index (κ2) is 5.31. The third-order valence-corrected chi connectivity index (χ3v) is 1.98. The number of hydrogen-bond donors (Lipinski definition) is 1. The Labute approximate surface area is 82.7 Å². The molecule has 0 aliphatic rings. The summed E-state index contributed by atoms with van der Waals surface area (Å²) in [6.45, 7) is 2.86. The van der Waals surface area contributed by atoms with Gasteiger partial charge in [-0.25, -0.2) is 0 Å². The molecule has 0 bridgehead atoms. The van der Waals surface area contributed by atoms with Gasteiger partial charge in [-0.05, 0) is 11.6 Å². The van der Waals surface area contributed by atoms with Gasteiger partial charge in [0.25, 0.3) is 11.7 Å². The predicted molar refractivity (Wildman–Crippen MR) is 50.7 cm³/mol. The summed E-state index contributed by atoms with van der Waals surface area (Å²) in [5.41, 5.74) is 0. The minimum absolute atomic E-state index is 0.129. The smallest absolute Gasteiger partial charge is 0.295 e. The number of aromatic nitrogens is 4. The lowest BCUT2D eigenvalue weighted by atomic mass is 10.2. The minimum Gasteiger partial charge on any atom is -0.339 e. The molecule has 78 valence electrons. The number of aromatic amines is 1. The summed E-state index contributed by atoms with van der Waals surface area (Å²) in [7, 11) is 1.74. The summed E-state index contributed by atoms with van der Waals surface area (Å²) in [4.78, 5) is 13.2. The maximum absolute atomic E-state index is 11.5. The van der Waals surface area contributed by atoms with Crippen LogP contribution in [-0.2, 0) is 0 Å². The van der Waals surface area contributed by atoms with E-state index in [1.165, 1.54) is 0 Å². The van der Waals surface area contributed by atoms with Crippen molar-refractivity contribution in [2.24, 2.45) is 0 Å². The molecule has 6 nitrogen and oxygen atoms in total. The number of H-pyrrole nitrogens is 1. The molecule has 0 aliphatic carbocycles. The summed E-state index contributed by atoms with van der Waals surface area (Å²) >= 11 is 0. The van der Waals surface area contributed by atoms with E-state index >= 15 is 0 Å². The van der Waals surface area contributed by atoms with Gasteiger partial charge < -0.3 is 4.90 Å². The molecule has 0 unspecified atom stereocenters. The Morgan fingerprint density at radius 2 is 2.29 bits per heavy atom. The average molecular weight is 197 g/mol. The Kier molecular flexibility index (Phi) is 4.03. The van der Waals surface area contributed by atoms with Crippen molar-refractivity contribution < 1.29 is 4.79 Å². The molecular formula is C8H15N5O. The molecule has 0 aromatic carbocycles. The van der Waals surface area contributed by atoms with Crippen molar-refractivity contribution in [3.05, 3.63) is 5.82 Å². The number of unbranched alkanes of at least 4 members (excludes halogenated alkanes) is 2. The van der Waals surface area contributed by atoms with E-state index in [0.29, 0.717) is 0 Å². The first kappa shape index (κ1) is 10.6. The molecule has 6 heteroatoms. The maximum Gasteiger partial charge on any atom is 0.295 e. The zero-order valence-electron chi connectivity index (χ0n) is 8.53. The minimum atomic E-state index is -0.185. The molecule has 1 N–H and O–H groups in total. The van der Waals surface area contributed by atoms with Gasteiger partial charge >= 0.3 is 0 Å². The lowest BCUT2D eigenvalue weighted by molar-refractivity contribution is 0.0780. The van der Waals surface area contributed by atoms with E-state index < -0.39 is 0 Å². The molecule has 0 aliphatic heterocycles. The van der Waals surface area contributed by atoms with Crippen molar-refractivity contribution in [1.29, 1.82) is 0 Å². The largest absolute Gasteiger partial charge is 0.339 e. The van der Waals surface area contributed by atoms with Gasteiger partial charge in [0.15, 0.2) is 0 Å². The second-order valence-electron chi connectivity index (χ2n) is 3.17. The van der Waals surface area contributed by atoms with Gasteiger partial charge in [0.2, 0.25) is 0 Å². The fourth-order valence-electron chi connectivity index (χ4n) is 1.12. The number of nitrogens with zero attached hydrogens (tertiary/aromatic N) is 4. The van der Waals surface area contributed by atoms with Crippen LogP contribution in [0.2, 0.25) is 0 Å². The summed E-state index contributed by atoms with van der Waals surface area (Å²) < 4.78 is 0. The molecule has 0 fully saturated rings. The van der Waals surface area contributed by atoms with Crippen molar-refractivity contribution in [3.8, 4) is 0 Å². The van der Waals surface area contributed by atoms with E-state index in [9.17, 15) is 4.79 Å². The van der Waals surface area contributed by atoms with Crippen LogP contribution in [0.3, 0.4) is 0 Å². The van der Waals surface area contributed by atoms with Crippen LogP contribution in [0, 0.1) is 0 Å². The fraction of sp³-hybridized carbons (Fsp3) is 0.750. The Morgan fingerprint density at radius 1 is 1.50 bits per heavy atom. The van der Waals surface area contributed by atoms with Crippen LogP contribution in [0.5, 0.6) is 0 Å². The normalized spacial score (nSPS) is 10.1. The molecule has 0 atom stereocenters. The number of tetrazole rings is 1. The van der Waals surface area contributed by atoms with Crippen molar-refractivity contribution in [3.63, 3.8) is 0 Å². The molecule has 0 saturated carbocycles. The van der Waals surface area contributed by atoms with Gasteiger partial charge in [-0.2, -0.15) is 5.21 Å². The van der Waals surface area contributed by atoms with Gasteiger partial charge in [0.1, 0.15) is 0 Å². The molecule has 14 heavy (non-hydrogen) atoms. The molecule has 0 spiro atoms. The topological polar surface area (TPSA) is 74.8 Å². The van der Waals surface area contributed by atoms with E-state index in [0.717, 1.165) is 25.8 Å². The first-order valence-electron chi connectivity index (χ1n) is 4.74. The molecule has 0 saturated heterocycles. The highest BCUT2D eigenvalue weighted by Gasteiger charge is 2.15. The zero-order chi connectivity index (χ0) is 10.4. The lowest BCUT2D eigenvalue weighted by Crippen LogP contribution is -2.28. The molecule has 1 aromatic rings. The first-order chi connectivity index (χ1) is 6.75. The SMILES string of the molecule is CCCCCN(C)C(=O)c1nn[nH]n1. The maximum atomic E-state index is 11.5. The van der Waals surface area contributed by atoms with Gasteiger partial charge in [0, 0.05) is 13.6 Å². The second-order valence-corrected chi connectivity index (χ2v) is 3.17. The number of amides is 1. The van der Waals surface area contributed by atoms with Gasteiger partial charge in [0.05, 0.1) is 0 Å². The van der Waals surface area contributed by atoms with E-state index in [1.54, 1.807) is 11.9 Å². The van der Waals surface area contributed by atoms with E-state index in [-0.39, 0.29) is 11.7 Å².